The predicted molar refractivity (Wildman–Crippen MR) is 122 cm³/mol. The van der Waals surface area contributed by atoms with Crippen molar-refractivity contribution in [3.05, 3.63) is 70.7 Å². The van der Waals surface area contributed by atoms with E-state index in [4.69, 9.17) is 0 Å². The van der Waals surface area contributed by atoms with Crippen molar-refractivity contribution in [2.45, 2.75) is 24.5 Å². The van der Waals surface area contributed by atoms with Crippen LogP contribution in [0, 0.1) is 6.92 Å². The molecule has 33 heavy (non-hydrogen) atoms. The number of anilines is 2. The minimum absolute atomic E-state index is 0.118. The molecule has 1 aliphatic heterocycles. The van der Waals surface area contributed by atoms with Gasteiger partial charge >= 0.3 is 6.18 Å². The van der Waals surface area contributed by atoms with Gasteiger partial charge in [0.1, 0.15) is 0 Å². The van der Waals surface area contributed by atoms with Crippen molar-refractivity contribution >= 4 is 32.2 Å². The molecule has 1 aliphatic rings. The molecule has 0 spiro atoms. The first kappa shape index (κ1) is 23.7. The maximum atomic E-state index is 13.3. The Labute approximate surface area is 194 Å². The SMILES string of the molecule is Cc1ccc(Nc2nc(CN3CCN(S(=O)(=O)c4ccccc4C(F)(F)F)CC3)cs2)cc1. The molecule has 4 rings (SSSR count). The van der Waals surface area contributed by atoms with Crippen LogP contribution in [-0.4, -0.2) is 48.8 Å². The Morgan fingerprint density at radius 3 is 2.36 bits per heavy atom. The van der Waals surface area contributed by atoms with E-state index in [1.165, 1.54) is 29.0 Å². The topological polar surface area (TPSA) is 65.5 Å². The van der Waals surface area contributed by atoms with Gasteiger partial charge in [-0.25, -0.2) is 13.4 Å². The van der Waals surface area contributed by atoms with E-state index in [9.17, 15) is 21.6 Å². The van der Waals surface area contributed by atoms with Gasteiger partial charge in [0.05, 0.1) is 16.2 Å². The molecule has 0 bridgehead atoms. The van der Waals surface area contributed by atoms with Gasteiger partial charge in [0.2, 0.25) is 10.0 Å². The van der Waals surface area contributed by atoms with Gasteiger partial charge in [-0.2, -0.15) is 17.5 Å². The Balaban J connectivity index is 1.37. The number of rotatable bonds is 6. The number of nitrogens with zero attached hydrogens (tertiary/aromatic N) is 3. The van der Waals surface area contributed by atoms with Crippen LogP contribution in [-0.2, 0) is 22.7 Å². The molecule has 1 aromatic heterocycles. The third-order valence-electron chi connectivity index (χ3n) is 5.38. The second kappa shape index (κ2) is 9.41. The van der Waals surface area contributed by atoms with E-state index in [1.807, 2.05) is 41.5 Å². The first-order valence-electron chi connectivity index (χ1n) is 10.3. The van der Waals surface area contributed by atoms with Crippen LogP contribution in [0.15, 0.2) is 58.8 Å². The number of thiazole rings is 1. The summed E-state index contributed by atoms with van der Waals surface area (Å²) in [5.74, 6) is 0. The number of sulfonamides is 1. The summed E-state index contributed by atoms with van der Waals surface area (Å²) in [6, 6.07) is 12.3. The van der Waals surface area contributed by atoms with Gasteiger partial charge in [0.15, 0.2) is 5.13 Å². The highest BCUT2D eigenvalue weighted by molar-refractivity contribution is 7.89. The summed E-state index contributed by atoms with van der Waals surface area (Å²) in [4.78, 5) is 5.94. The van der Waals surface area contributed by atoms with Crippen molar-refractivity contribution in [3.63, 3.8) is 0 Å². The van der Waals surface area contributed by atoms with Crippen LogP contribution in [0.4, 0.5) is 24.0 Å². The molecule has 0 radical (unpaired) electrons. The van der Waals surface area contributed by atoms with E-state index in [2.05, 4.69) is 10.3 Å². The zero-order valence-electron chi connectivity index (χ0n) is 17.8. The number of benzene rings is 2. The third kappa shape index (κ3) is 5.55. The number of piperazine rings is 1. The summed E-state index contributed by atoms with van der Waals surface area (Å²) in [7, 11) is -4.24. The third-order valence-corrected chi connectivity index (χ3v) is 8.15. The van der Waals surface area contributed by atoms with E-state index in [-0.39, 0.29) is 13.1 Å². The smallest absolute Gasteiger partial charge is 0.332 e. The van der Waals surface area contributed by atoms with E-state index in [0.29, 0.717) is 19.6 Å². The van der Waals surface area contributed by atoms with Gasteiger partial charge in [-0.05, 0) is 31.2 Å². The van der Waals surface area contributed by atoms with Gasteiger partial charge in [-0.3, -0.25) is 4.90 Å². The molecule has 6 nitrogen and oxygen atoms in total. The summed E-state index contributed by atoms with van der Waals surface area (Å²) >= 11 is 1.48. The molecule has 3 aromatic rings. The molecule has 176 valence electrons. The number of hydrogen-bond acceptors (Lipinski definition) is 6. The molecular weight excluding hydrogens is 473 g/mol. The normalized spacial score (nSPS) is 16.1. The lowest BCUT2D eigenvalue weighted by molar-refractivity contribution is -0.139. The number of nitrogens with one attached hydrogen (secondary N) is 1. The molecule has 0 amide bonds. The van der Waals surface area contributed by atoms with E-state index in [0.717, 1.165) is 33.0 Å². The Morgan fingerprint density at radius 2 is 1.70 bits per heavy atom. The lowest BCUT2D eigenvalue weighted by atomic mass is 10.2. The maximum absolute atomic E-state index is 13.3. The molecule has 0 unspecified atom stereocenters. The van der Waals surface area contributed by atoms with E-state index >= 15 is 0 Å². The molecule has 0 saturated carbocycles. The number of aromatic nitrogens is 1. The molecule has 2 heterocycles. The maximum Gasteiger partial charge on any atom is 0.417 e. The van der Waals surface area contributed by atoms with Crippen molar-refractivity contribution in [3.8, 4) is 0 Å². The van der Waals surface area contributed by atoms with Crippen LogP contribution < -0.4 is 5.32 Å². The molecular formula is C22H23F3N4O2S2. The van der Waals surface area contributed by atoms with Crippen LogP contribution in [0.3, 0.4) is 0 Å². The molecule has 2 aromatic carbocycles. The molecule has 11 heteroatoms. The number of alkyl halides is 3. The molecule has 0 aliphatic carbocycles. The highest BCUT2D eigenvalue weighted by Gasteiger charge is 2.39. The fraction of sp³-hybridized carbons (Fsp3) is 0.318. The Kier molecular flexibility index (Phi) is 6.76. The average Bonchev–Trinajstić information content (AvgIpc) is 3.22. The average molecular weight is 497 g/mol. The first-order chi connectivity index (χ1) is 15.6. The number of aryl methyl sites for hydroxylation is 1. The van der Waals surface area contributed by atoms with Crippen molar-refractivity contribution in [1.29, 1.82) is 0 Å². The highest BCUT2D eigenvalue weighted by Crippen LogP contribution is 2.35. The first-order valence-corrected chi connectivity index (χ1v) is 12.6. The number of halogens is 3. The molecule has 1 N–H and O–H groups in total. The lowest BCUT2D eigenvalue weighted by Gasteiger charge is -2.34. The summed E-state index contributed by atoms with van der Waals surface area (Å²) < 4.78 is 66.9. The minimum atomic E-state index is -4.74. The predicted octanol–water partition coefficient (Wildman–Crippen LogP) is 4.72. The molecule has 1 saturated heterocycles. The lowest BCUT2D eigenvalue weighted by Crippen LogP contribution is -2.48. The van der Waals surface area contributed by atoms with Crippen LogP contribution in [0.2, 0.25) is 0 Å². The number of hydrogen-bond donors (Lipinski definition) is 1. The Hall–Kier alpha value is -2.47. The van der Waals surface area contributed by atoms with Crippen molar-refractivity contribution in [2.24, 2.45) is 0 Å². The fourth-order valence-corrected chi connectivity index (χ4v) is 5.98. The zero-order chi connectivity index (χ0) is 23.6. The summed E-state index contributed by atoms with van der Waals surface area (Å²) in [5, 5.41) is 5.97. The monoisotopic (exact) mass is 496 g/mol. The molecule has 0 atom stereocenters. The largest absolute Gasteiger partial charge is 0.417 e. The van der Waals surface area contributed by atoms with Crippen LogP contribution in [0.1, 0.15) is 16.8 Å². The quantitative estimate of drug-likeness (QED) is 0.535. The summed E-state index contributed by atoms with van der Waals surface area (Å²) in [5.41, 5.74) is 1.83. The molecule has 1 fully saturated rings. The van der Waals surface area contributed by atoms with Gasteiger partial charge in [0.25, 0.3) is 0 Å². The summed E-state index contributed by atoms with van der Waals surface area (Å²) in [6.45, 7) is 3.61. The minimum Gasteiger partial charge on any atom is -0.332 e. The van der Waals surface area contributed by atoms with E-state index in [1.54, 1.807) is 0 Å². The van der Waals surface area contributed by atoms with E-state index < -0.39 is 26.7 Å². The zero-order valence-corrected chi connectivity index (χ0v) is 19.5. The van der Waals surface area contributed by atoms with Crippen molar-refractivity contribution in [2.75, 3.05) is 31.5 Å². The van der Waals surface area contributed by atoms with Crippen LogP contribution in [0.5, 0.6) is 0 Å². The Bertz CT molecular complexity index is 1200. The van der Waals surface area contributed by atoms with Gasteiger partial charge in [-0.15, -0.1) is 11.3 Å². The van der Waals surface area contributed by atoms with Gasteiger partial charge < -0.3 is 5.32 Å². The fourth-order valence-electron chi connectivity index (χ4n) is 3.62. The van der Waals surface area contributed by atoms with Crippen LogP contribution in [0.25, 0.3) is 0 Å². The summed E-state index contributed by atoms with van der Waals surface area (Å²) in [6.07, 6.45) is -4.74. The second-order valence-corrected chi connectivity index (χ2v) is 10.6. The van der Waals surface area contributed by atoms with Gasteiger partial charge in [0, 0.05) is 43.8 Å². The standard InChI is InChI=1S/C22H23F3N4O2S2/c1-16-6-8-17(9-7-16)26-21-27-18(15-32-21)14-28-10-12-29(13-11-28)33(30,31)20-5-3-2-4-19(20)22(23,24)25/h2-9,15H,10-14H2,1H3,(H,26,27). The second-order valence-electron chi connectivity index (χ2n) is 7.81. The highest BCUT2D eigenvalue weighted by atomic mass is 32.2. The van der Waals surface area contributed by atoms with Crippen molar-refractivity contribution < 1.29 is 21.6 Å². The Morgan fingerprint density at radius 1 is 1.03 bits per heavy atom. The van der Waals surface area contributed by atoms with Crippen LogP contribution >= 0.6 is 11.3 Å². The van der Waals surface area contributed by atoms with Crippen molar-refractivity contribution in [1.82, 2.24) is 14.2 Å². The van der Waals surface area contributed by atoms with Gasteiger partial charge in [-0.1, -0.05) is 29.8 Å².